The van der Waals surface area contributed by atoms with Crippen molar-refractivity contribution < 1.29 is 4.84 Å². The normalized spacial score (nSPS) is 20.1. The average molecular weight is 326 g/mol. The molecule has 128 valence electrons. The van der Waals surface area contributed by atoms with Crippen LogP contribution in [-0.2, 0) is 0 Å². The average Bonchev–Trinajstić information content (AvgIpc) is 2.56. The van der Waals surface area contributed by atoms with Crippen molar-refractivity contribution in [3.05, 3.63) is 59.2 Å². The predicted octanol–water partition coefficient (Wildman–Crippen LogP) is 3.07. The topological polar surface area (TPSA) is 76.9 Å². The summed E-state index contributed by atoms with van der Waals surface area (Å²) in [7, 11) is 3.73. The summed E-state index contributed by atoms with van der Waals surface area (Å²) in [4.78, 5) is 5.67. The van der Waals surface area contributed by atoms with Crippen LogP contribution in [0.4, 0.5) is 0 Å². The van der Waals surface area contributed by atoms with Crippen LogP contribution in [0.1, 0.15) is 25.8 Å². The third-order valence-electron chi connectivity index (χ3n) is 3.97. The highest BCUT2D eigenvalue weighted by Gasteiger charge is 2.17. The van der Waals surface area contributed by atoms with Gasteiger partial charge >= 0.3 is 0 Å². The van der Waals surface area contributed by atoms with Gasteiger partial charge in [0, 0.05) is 19.7 Å². The van der Waals surface area contributed by atoms with Crippen molar-refractivity contribution in [3.63, 3.8) is 0 Å². The molecule has 0 fully saturated rings. The number of rotatable bonds is 5. The second-order valence-corrected chi connectivity index (χ2v) is 5.98. The minimum Gasteiger partial charge on any atom is -0.407 e. The predicted molar refractivity (Wildman–Crippen MR) is 100 cm³/mol. The van der Waals surface area contributed by atoms with Crippen LogP contribution in [0.3, 0.4) is 0 Å². The first-order valence-corrected chi connectivity index (χ1v) is 8.08. The van der Waals surface area contributed by atoms with Gasteiger partial charge in [0.1, 0.15) is 11.6 Å². The molecule has 1 atom stereocenters. The SMILES string of the molecule is CC/C(=C1C=C(/C(N)=N/N)C=CC/1C)c1cccc(ON(C)C)c1. The van der Waals surface area contributed by atoms with Gasteiger partial charge in [0.15, 0.2) is 0 Å². The van der Waals surface area contributed by atoms with Crippen molar-refractivity contribution in [1.29, 1.82) is 0 Å². The van der Waals surface area contributed by atoms with Crippen LogP contribution in [0.25, 0.3) is 5.57 Å². The van der Waals surface area contributed by atoms with E-state index in [0.717, 1.165) is 23.3 Å². The van der Waals surface area contributed by atoms with E-state index in [9.17, 15) is 0 Å². The molecular formula is C19H26N4O. The maximum Gasteiger partial charge on any atom is 0.150 e. The molecule has 0 heterocycles. The lowest BCUT2D eigenvalue weighted by Crippen LogP contribution is -2.18. The van der Waals surface area contributed by atoms with E-state index in [1.165, 1.54) is 11.1 Å². The zero-order valence-corrected chi connectivity index (χ0v) is 14.8. The molecule has 5 nitrogen and oxygen atoms in total. The smallest absolute Gasteiger partial charge is 0.150 e. The van der Waals surface area contributed by atoms with Crippen molar-refractivity contribution in [2.75, 3.05) is 14.1 Å². The summed E-state index contributed by atoms with van der Waals surface area (Å²) in [5, 5.41) is 5.28. The molecular weight excluding hydrogens is 300 g/mol. The van der Waals surface area contributed by atoms with Gasteiger partial charge in [-0.1, -0.05) is 38.1 Å². The van der Waals surface area contributed by atoms with E-state index in [-0.39, 0.29) is 0 Å². The van der Waals surface area contributed by atoms with Crippen LogP contribution >= 0.6 is 0 Å². The number of hydroxylamine groups is 2. The van der Waals surface area contributed by atoms with Gasteiger partial charge in [0.25, 0.3) is 0 Å². The van der Waals surface area contributed by atoms with Crippen LogP contribution in [0.15, 0.2) is 58.7 Å². The van der Waals surface area contributed by atoms with Gasteiger partial charge in [-0.15, -0.1) is 0 Å². The standard InChI is InChI=1S/C19H26N4O/c1-5-17(14-7-6-8-16(11-14)24-23(3)4)18-12-15(19(20)22-21)10-9-13(18)2/h6-13H,5,21H2,1-4H3,(H2,20,22)/b18-17+. The Labute approximate surface area is 143 Å². The summed E-state index contributed by atoms with van der Waals surface area (Å²) >= 11 is 0. The quantitative estimate of drug-likeness (QED) is 0.377. The third kappa shape index (κ3) is 4.06. The van der Waals surface area contributed by atoms with Crippen molar-refractivity contribution in [2.45, 2.75) is 20.3 Å². The van der Waals surface area contributed by atoms with Gasteiger partial charge in [-0.2, -0.15) is 10.2 Å². The molecule has 0 radical (unpaired) electrons. The van der Waals surface area contributed by atoms with Crippen molar-refractivity contribution in [2.24, 2.45) is 22.6 Å². The minimum atomic E-state index is 0.299. The molecule has 1 unspecified atom stereocenters. The Morgan fingerprint density at radius 1 is 1.33 bits per heavy atom. The third-order valence-corrected chi connectivity index (χ3v) is 3.97. The number of amidine groups is 1. The van der Waals surface area contributed by atoms with Gasteiger partial charge in [0.2, 0.25) is 0 Å². The first kappa shape index (κ1) is 17.8. The molecule has 5 heteroatoms. The van der Waals surface area contributed by atoms with Crippen LogP contribution in [0.5, 0.6) is 5.75 Å². The lowest BCUT2D eigenvalue weighted by atomic mass is 9.85. The minimum absolute atomic E-state index is 0.299. The Bertz CT molecular complexity index is 714. The molecule has 0 bridgehead atoms. The number of hydrogen-bond acceptors (Lipinski definition) is 4. The van der Waals surface area contributed by atoms with Crippen molar-refractivity contribution in [1.82, 2.24) is 5.06 Å². The van der Waals surface area contributed by atoms with E-state index >= 15 is 0 Å². The Hall–Kier alpha value is -2.53. The van der Waals surface area contributed by atoms with E-state index < -0.39 is 0 Å². The van der Waals surface area contributed by atoms with Crippen LogP contribution in [-0.4, -0.2) is 25.0 Å². The highest BCUT2D eigenvalue weighted by molar-refractivity contribution is 6.00. The van der Waals surface area contributed by atoms with Crippen LogP contribution in [0.2, 0.25) is 0 Å². The highest BCUT2D eigenvalue weighted by Crippen LogP contribution is 2.33. The fourth-order valence-electron chi connectivity index (χ4n) is 2.82. The largest absolute Gasteiger partial charge is 0.407 e. The Morgan fingerprint density at radius 3 is 2.71 bits per heavy atom. The number of allylic oxidation sites excluding steroid dienone is 4. The van der Waals surface area contributed by atoms with E-state index in [0.29, 0.717) is 11.8 Å². The molecule has 0 amide bonds. The molecule has 4 N–H and O–H groups in total. The zero-order valence-electron chi connectivity index (χ0n) is 14.8. The molecule has 0 spiro atoms. The molecule has 2 rings (SSSR count). The highest BCUT2D eigenvalue weighted by atomic mass is 16.7. The number of nitrogens with two attached hydrogens (primary N) is 2. The molecule has 1 aliphatic rings. The summed E-state index contributed by atoms with van der Waals surface area (Å²) in [6.07, 6.45) is 7.08. The van der Waals surface area contributed by atoms with Gasteiger partial charge < -0.3 is 16.4 Å². The van der Waals surface area contributed by atoms with Crippen LogP contribution in [0, 0.1) is 5.92 Å². The van der Waals surface area contributed by atoms with Gasteiger partial charge in [-0.3, -0.25) is 0 Å². The summed E-state index contributed by atoms with van der Waals surface area (Å²) in [6, 6.07) is 8.12. The second kappa shape index (κ2) is 7.84. The Morgan fingerprint density at radius 2 is 2.08 bits per heavy atom. The summed E-state index contributed by atoms with van der Waals surface area (Å²) < 4.78 is 0. The van der Waals surface area contributed by atoms with E-state index in [4.69, 9.17) is 16.4 Å². The molecule has 1 aromatic carbocycles. The first-order chi connectivity index (χ1) is 11.5. The fraction of sp³-hybridized carbons (Fsp3) is 0.316. The molecule has 0 saturated heterocycles. The maximum absolute atomic E-state index is 5.87. The van der Waals surface area contributed by atoms with Crippen LogP contribution < -0.4 is 16.4 Å². The van der Waals surface area contributed by atoms with E-state index in [1.54, 1.807) is 5.06 Å². The van der Waals surface area contributed by atoms with E-state index in [2.05, 4.69) is 43.2 Å². The first-order valence-electron chi connectivity index (χ1n) is 8.08. The van der Waals surface area contributed by atoms with Gasteiger partial charge in [0.05, 0.1) is 0 Å². The van der Waals surface area contributed by atoms with Gasteiger partial charge in [-0.25, -0.2) is 0 Å². The summed E-state index contributed by atoms with van der Waals surface area (Å²) in [5.74, 6) is 6.78. The molecule has 24 heavy (non-hydrogen) atoms. The molecule has 0 aliphatic heterocycles. The van der Waals surface area contributed by atoms with Crippen molar-refractivity contribution >= 4 is 11.4 Å². The molecule has 1 aromatic rings. The monoisotopic (exact) mass is 326 g/mol. The van der Waals surface area contributed by atoms with Gasteiger partial charge in [-0.05, 0) is 47.3 Å². The number of hydrazone groups is 1. The lowest BCUT2D eigenvalue weighted by Gasteiger charge is -2.21. The van der Waals surface area contributed by atoms with E-state index in [1.807, 2.05) is 32.3 Å². The Kier molecular flexibility index (Phi) is 5.82. The zero-order chi connectivity index (χ0) is 17.7. The molecule has 1 aliphatic carbocycles. The summed E-state index contributed by atoms with van der Waals surface area (Å²) in [5.41, 5.74) is 10.4. The molecule has 0 saturated carbocycles. The summed E-state index contributed by atoms with van der Waals surface area (Å²) in [6.45, 7) is 4.32. The number of nitrogens with zero attached hydrogens (tertiary/aromatic N) is 2. The second-order valence-electron chi connectivity index (χ2n) is 5.98. The molecule has 0 aromatic heterocycles. The number of benzene rings is 1. The lowest BCUT2D eigenvalue weighted by molar-refractivity contribution is -0.00327. The fourth-order valence-corrected chi connectivity index (χ4v) is 2.82. The Balaban J connectivity index is 2.50. The maximum atomic E-state index is 5.87. The number of hydrogen-bond donors (Lipinski definition) is 2. The van der Waals surface area contributed by atoms with Crippen molar-refractivity contribution in [3.8, 4) is 5.75 Å².